The normalized spacial score (nSPS) is 11.8. The lowest BCUT2D eigenvalue weighted by atomic mass is 9.95. The zero-order valence-corrected chi connectivity index (χ0v) is 9.36. The molecule has 0 aliphatic heterocycles. The Bertz CT molecular complexity index is 513. The summed E-state index contributed by atoms with van der Waals surface area (Å²) in [4.78, 5) is 30.6. The van der Waals surface area contributed by atoms with Gasteiger partial charge in [0.05, 0.1) is 15.9 Å². The smallest absolute Gasteiger partial charge is 0.280 e. The van der Waals surface area contributed by atoms with Crippen LogP contribution in [0.1, 0.15) is 24.8 Å². The van der Waals surface area contributed by atoms with E-state index in [0.717, 1.165) is 18.2 Å². The molecule has 8 nitrogen and oxygen atoms in total. The van der Waals surface area contributed by atoms with Gasteiger partial charge in [0.1, 0.15) is 0 Å². The molecule has 0 spiro atoms. The van der Waals surface area contributed by atoms with Crippen LogP contribution in [0.5, 0.6) is 0 Å². The number of carbonyl (C=O) groups is 1. The first-order chi connectivity index (χ1) is 8.38. The molecule has 1 atom stereocenters. The molecule has 1 rings (SSSR count). The summed E-state index contributed by atoms with van der Waals surface area (Å²) in [6, 6.07) is 2.87. The Hall–Kier alpha value is -2.51. The van der Waals surface area contributed by atoms with Crippen molar-refractivity contribution >= 4 is 17.3 Å². The standard InChI is InChI=1S/C10H10N2O6/c1-2-7(10(13)14)8-4-3-6(11(15)16)5-9(8)12(17)18/h3-5,7H,2H2,1H3,(H,13,14)/p-1/t7-/m1/s1. The van der Waals surface area contributed by atoms with E-state index in [4.69, 9.17) is 0 Å². The quantitative estimate of drug-likeness (QED) is 0.562. The molecule has 1 aromatic carbocycles. The van der Waals surface area contributed by atoms with Gasteiger partial charge in [0.25, 0.3) is 11.4 Å². The van der Waals surface area contributed by atoms with E-state index in [1.165, 1.54) is 6.92 Å². The molecule has 0 unspecified atom stereocenters. The Morgan fingerprint density at radius 3 is 2.28 bits per heavy atom. The molecule has 0 fully saturated rings. The van der Waals surface area contributed by atoms with Gasteiger partial charge in [-0.1, -0.05) is 6.92 Å². The number of nitrogens with zero attached hydrogens (tertiary/aromatic N) is 2. The number of non-ortho nitro benzene ring substituents is 1. The summed E-state index contributed by atoms with van der Waals surface area (Å²) >= 11 is 0. The van der Waals surface area contributed by atoms with E-state index in [2.05, 4.69) is 0 Å². The maximum Gasteiger partial charge on any atom is 0.280 e. The largest absolute Gasteiger partial charge is 0.549 e. The molecule has 0 radical (unpaired) electrons. The van der Waals surface area contributed by atoms with Crippen molar-refractivity contribution in [2.75, 3.05) is 0 Å². The van der Waals surface area contributed by atoms with Crippen LogP contribution < -0.4 is 5.11 Å². The van der Waals surface area contributed by atoms with Crippen LogP contribution in [0.2, 0.25) is 0 Å². The second-order valence-corrected chi connectivity index (χ2v) is 3.54. The van der Waals surface area contributed by atoms with Gasteiger partial charge >= 0.3 is 0 Å². The first-order valence-corrected chi connectivity index (χ1v) is 5.02. The average Bonchev–Trinajstić information content (AvgIpc) is 2.29. The van der Waals surface area contributed by atoms with E-state index in [9.17, 15) is 30.1 Å². The van der Waals surface area contributed by atoms with Crippen LogP contribution in [0.3, 0.4) is 0 Å². The Morgan fingerprint density at radius 1 is 1.28 bits per heavy atom. The summed E-state index contributed by atoms with van der Waals surface area (Å²) in [6.07, 6.45) is 0.0982. The number of nitro groups is 2. The number of carboxylic acids is 1. The number of rotatable bonds is 5. The van der Waals surface area contributed by atoms with Crippen LogP contribution in [0.4, 0.5) is 11.4 Å². The molecule has 18 heavy (non-hydrogen) atoms. The fraction of sp³-hybridized carbons (Fsp3) is 0.300. The number of nitro benzene ring substituents is 2. The lowest BCUT2D eigenvalue weighted by Gasteiger charge is -2.15. The molecule has 0 saturated heterocycles. The van der Waals surface area contributed by atoms with Crippen LogP contribution in [0, 0.1) is 20.2 Å². The molecule has 0 saturated carbocycles. The van der Waals surface area contributed by atoms with Gasteiger partial charge in [-0.25, -0.2) is 0 Å². The molecule has 0 heterocycles. The highest BCUT2D eigenvalue weighted by atomic mass is 16.6. The lowest BCUT2D eigenvalue weighted by molar-refractivity contribution is -0.394. The Labute approximate surface area is 101 Å². The van der Waals surface area contributed by atoms with Gasteiger partial charge in [-0.2, -0.15) is 0 Å². The zero-order chi connectivity index (χ0) is 13.9. The summed E-state index contributed by atoms with van der Waals surface area (Å²) in [5.41, 5.74) is -1.13. The van der Waals surface area contributed by atoms with E-state index < -0.39 is 33.1 Å². The predicted molar refractivity (Wildman–Crippen MR) is 57.8 cm³/mol. The third kappa shape index (κ3) is 2.59. The first-order valence-electron chi connectivity index (χ1n) is 5.02. The van der Waals surface area contributed by atoms with Gasteiger partial charge in [-0.3, -0.25) is 20.2 Å². The van der Waals surface area contributed by atoms with Crippen LogP contribution >= 0.6 is 0 Å². The molecule has 0 N–H and O–H groups in total. The summed E-state index contributed by atoms with van der Waals surface area (Å²) in [7, 11) is 0. The Balaban J connectivity index is 3.40. The maximum absolute atomic E-state index is 10.9. The van der Waals surface area contributed by atoms with E-state index in [1.54, 1.807) is 0 Å². The van der Waals surface area contributed by atoms with E-state index in [1.807, 2.05) is 0 Å². The second kappa shape index (κ2) is 5.21. The minimum Gasteiger partial charge on any atom is -0.549 e. The summed E-state index contributed by atoms with van der Waals surface area (Å²) in [5, 5.41) is 32.2. The van der Waals surface area contributed by atoms with Gasteiger partial charge in [0.15, 0.2) is 0 Å². The van der Waals surface area contributed by atoms with Crippen molar-refractivity contribution in [3.8, 4) is 0 Å². The molecule has 1 aromatic rings. The van der Waals surface area contributed by atoms with Gasteiger partial charge in [-0.15, -0.1) is 0 Å². The maximum atomic E-state index is 10.9. The highest BCUT2D eigenvalue weighted by Gasteiger charge is 2.24. The number of benzene rings is 1. The number of hydrogen-bond donors (Lipinski definition) is 0. The fourth-order valence-corrected chi connectivity index (χ4v) is 1.61. The van der Waals surface area contributed by atoms with Crippen molar-refractivity contribution in [3.05, 3.63) is 44.0 Å². The van der Waals surface area contributed by atoms with Crippen LogP contribution in [-0.2, 0) is 4.79 Å². The number of carboxylic acid groups (broad SMARTS) is 1. The lowest BCUT2D eigenvalue weighted by Crippen LogP contribution is -2.29. The number of aliphatic carboxylic acids is 1. The predicted octanol–water partition coefficient (Wildman–Crippen LogP) is 0.746. The third-order valence-electron chi connectivity index (χ3n) is 2.49. The summed E-state index contributed by atoms with van der Waals surface area (Å²) < 4.78 is 0. The Morgan fingerprint density at radius 2 is 1.89 bits per heavy atom. The van der Waals surface area contributed by atoms with Gasteiger partial charge in [0, 0.05) is 23.5 Å². The van der Waals surface area contributed by atoms with Crippen molar-refractivity contribution in [3.63, 3.8) is 0 Å². The zero-order valence-electron chi connectivity index (χ0n) is 9.36. The molecule has 0 bridgehead atoms. The SMILES string of the molecule is CC[C@@H](C(=O)[O-])c1ccc([N+](=O)[O-])cc1[N+](=O)[O-]. The summed E-state index contributed by atoms with van der Waals surface area (Å²) in [6.45, 7) is 1.53. The van der Waals surface area contributed by atoms with Crippen molar-refractivity contribution in [1.82, 2.24) is 0 Å². The third-order valence-corrected chi connectivity index (χ3v) is 2.49. The number of hydrogen-bond acceptors (Lipinski definition) is 6. The molecular weight excluding hydrogens is 244 g/mol. The minimum atomic E-state index is -1.45. The highest BCUT2D eigenvalue weighted by molar-refractivity contribution is 5.76. The van der Waals surface area contributed by atoms with Crippen molar-refractivity contribution < 1.29 is 19.7 Å². The van der Waals surface area contributed by atoms with E-state index >= 15 is 0 Å². The van der Waals surface area contributed by atoms with Crippen molar-refractivity contribution in [1.29, 1.82) is 0 Å². The molecule has 0 aliphatic carbocycles. The van der Waals surface area contributed by atoms with Crippen molar-refractivity contribution in [2.45, 2.75) is 19.3 Å². The van der Waals surface area contributed by atoms with E-state index in [0.29, 0.717) is 0 Å². The molecule has 8 heteroatoms. The second-order valence-electron chi connectivity index (χ2n) is 3.54. The van der Waals surface area contributed by atoms with Crippen molar-refractivity contribution in [2.24, 2.45) is 0 Å². The average molecular weight is 253 g/mol. The first kappa shape index (κ1) is 13.6. The molecule has 96 valence electrons. The monoisotopic (exact) mass is 253 g/mol. The van der Waals surface area contributed by atoms with Gasteiger partial charge in [-0.05, 0) is 12.5 Å². The molecule has 0 aromatic heterocycles. The van der Waals surface area contributed by atoms with Crippen LogP contribution in [0.15, 0.2) is 18.2 Å². The van der Waals surface area contributed by atoms with Crippen LogP contribution in [0.25, 0.3) is 0 Å². The minimum absolute atomic E-state index is 0.0897. The van der Waals surface area contributed by atoms with Gasteiger partial charge in [0.2, 0.25) is 0 Å². The number of carbonyl (C=O) groups excluding carboxylic acids is 1. The molecule has 0 amide bonds. The highest BCUT2D eigenvalue weighted by Crippen LogP contribution is 2.31. The summed E-state index contributed by atoms with van der Waals surface area (Å²) in [5.74, 6) is -2.61. The molecular formula is C10H9N2O6-. The molecule has 0 aliphatic rings. The van der Waals surface area contributed by atoms with E-state index in [-0.39, 0.29) is 12.0 Å². The topological polar surface area (TPSA) is 126 Å². The van der Waals surface area contributed by atoms with Gasteiger partial charge < -0.3 is 9.90 Å². The van der Waals surface area contributed by atoms with Crippen LogP contribution in [-0.4, -0.2) is 15.8 Å². The Kier molecular flexibility index (Phi) is 3.93. The fourth-order valence-electron chi connectivity index (χ4n) is 1.61.